The van der Waals surface area contributed by atoms with Gasteiger partial charge in [-0.15, -0.1) is 0 Å². The maximum atomic E-state index is 12.4. The fraction of sp³-hybridized carbons (Fsp3) is 0.417. The van der Waals surface area contributed by atoms with Crippen LogP contribution in [0.3, 0.4) is 0 Å². The van der Waals surface area contributed by atoms with Crippen molar-refractivity contribution in [1.82, 2.24) is 5.32 Å². The average molecular weight is 410 g/mol. The van der Waals surface area contributed by atoms with Crippen LogP contribution in [0, 0.1) is 6.92 Å². The zero-order chi connectivity index (χ0) is 21.3. The summed E-state index contributed by atoms with van der Waals surface area (Å²) in [6.07, 6.45) is 3.40. The fourth-order valence-electron chi connectivity index (χ4n) is 3.65. The van der Waals surface area contributed by atoms with Gasteiger partial charge in [0.1, 0.15) is 5.75 Å². The number of anilines is 2. The third-order valence-corrected chi connectivity index (χ3v) is 5.25. The summed E-state index contributed by atoms with van der Waals surface area (Å²) in [6.45, 7) is 7.04. The number of ether oxygens (including phenoxy) is 1. The molecule has 160 valence electrons. The summed E-state index contributed by atoms with van der Waals surface area (Å²) in [6, 6.07) is 13.4. The van der Waals surface area contributed by atoms with Crippen molar-refractivity contribution in [2.24, 2.45) is 0 Å². The molecule has 0 saturated carbocycles. The molecule has 1 fully saturated rings. The molecule has 6 nitrogen and oxygen atoms in total. The second-order valence-electron chi connectivity index (χ2n) is 7.53. The van der Waals surface area contributed by atoms with Gasteiger partial charge in [0.25, 0.3) is 5.91 Å². The molecule has 2 N–H and O–H groups in total. The smallest absolute Gasteiger partial charge is 0.255 e. The minimum atomic E-state index is -0.187. The summed E-state index contributed by atoms with van der Waals surface area (Å²) in [5, 5.41) is 5.85. The lowest BCUT2D eigenvalue weighted by atomic mass is 10.1. The van der Waals surface area contributed by atoms with Crippen LogP contribution in [0.5, 0.6) is 5.75 Å². The highest BCUT2D eigenvalue weighted by Gasteiger charge is 2.14. The molecule has 30 heavy (non-hydrogen) atoms. The number of rotatable bonds is 9. The molecule has 0 atom stereocenters. The molecule has 1 aliphatic rings. The van der Waals surface area contributed by atoms with Crippen LogP contribution in [0.25, 0.3) is 0 Å². The Hall–Kier alpha value is -3.02. The third-order valence-electron chi connectivity index (χ3n) is 5.25. The Kier molecular flexibility index (Phi) is 7.71. The molecule has 0 aliphatic carbocycles. The van der Waals surface area contributed by atoms with Crippen molar-refractivity contribution in [2.75, 3.05) is 36.5 Å². The van der Waals surface area contributed by atoms with E-state index >= 15 is 0 Å². The number of hydrogen-bond donors (Lipinski definition) is 2. The SMILES string of the molecule is CCOc1ccccc1C(=O)NCCCC(=O)Nc1ccc(N2CCCC2)cc1C. The lowest BCUT2D eigenvalue weighted by Gasteiger charge is -2.19. The number of amides is 2. The summed E-state index contributed by atoms with van der Waals surface area (Å²) in [5.74, 6) is 0.340. The van der Waals surface area contributed by atoms with Gasteiger partial charge in [-0.1, -0.05) is 12.1 Å². The third kappa shape index (κ3) is 5.75. The van der Waals surface area contributed by atoms with E-state index in [2.05, 4.69) is 27.7 Å². The van der Waals surface area contributed by atoms with Crippen LogP contribution in [0.2, 0.25) is 0 Å². The van der Waals surface area contributed by atoms with Crippen molar-refractivity contribution < 1.29 is 14.3 Å². The van der Waals surface area contributed by atoms with Gasteiger partial charge in [-0.3, -0.25) is 9.59 Å². The summed E-state index contributed by atoms with van der Waals surface area (Å²) in [4.78, 5) is 27.1. The van der Waals surface area contributed by atoms with Gasteiger partial charge in [0.2, 0.25) is 5.91 Å². The molecule has 0 spiro atoms. The van der Waals surface area contributed by atoms with Crippen LogP contribution in [0.4, 0.5) is 11.4 Å². The van der Waals surface area contributed by atoms with E-state index < -0.39 is 0 Å². The van der Waals surface area contributed by atoms with Crippen molar-refractivity contribution in [3.05, 3.63) is 53.6 Å². The maximum Gasteiger partial charge on any atom is 0.255 e. The van der Waals surface area contributed by atoms with Crippen LogP contribution >= 0.6 is 0 Å². The standard InChI is InChI=1S/C24H31N3O3/c1-3-30-22-10-5-4-9-20(22)24(29)25-14-8-11-23(28)26-21-13-12-19(17-18(21)2)27-15-6-7-16-27/h4-5,9-10,12-13,17H,3,6-8,11,14-16H2,1-2H3,(H,25,29)(H,26,28). The van der Waals surface area contributed by atoms with Crippen molar-refractivity contribution in [1.29, 1.82) is 0 Å². The van der Waals surface area contributed by atoms with E-state index in [4.69, 9.17) is 4.74 Å². The molecule has 0 aromatic heterocycles. The number of hydrogen-bond acceptors (Lipinski definition) is 4. The topological polar surface area (TPSA) is 70.7 Å². The number of aryl methyl sites for hydroxylation is 1. The van der Waals surface area contributed by atoms with Crippen LogP contribution in [-0.4, -0.2) is 38.1 Å². The van der Waals surface area contributed by atoms with E-state index in [0.717, 1.165) is 24.3 Å². The van der Waals surface area contributed by atoms with Gasteiger partial charge in [-0.2, -0.15) is 0 Å². The molecule has 1 aliphatic heterocycles. The first-order valence-electron chi connectivity index (χ1n) is 10.7. The van der Waals surface area contributed by atoms with Crippen LogP contribution in [0.15, 0.2) is 42.5 Å². The predicted octanol–water partition coefficient (Wildman–Crippen LogP) is 4.14. The van der Waals surface area contributed by atoms with Gasteiger partial charge in [-0.05, 0) is 69.0 Å². The molecule has 0 bridgehead atoms. The number of nitrogens with one attached hydrogen (secondary N) is 2. The molecule has 0 unspecified atom stereocenters. The van der Waals surface area contributed by atoms with E-state index in [0.29, 0.717) is 37.3 Å². The summed E-state index contributed by atoms with van der Waals surface area (Å²) < 4.78 is 5.49. The Balaban J connectivity index is 1.43. The largest absolute Gasteiger partial charge is 0.493 e. The van der Waals surface area contributed by atoms with E-state index in [1.165, 1.54) is 18.5 Å². The fourth-order valence-corrected chi connectivity index (χ4v) is 3.65. The normalized spacial score (nSPS) is 13.2. The van der Waals surface area contributed by atoms with Crippen LogP contribution in [-0.2, 0) is 4.79 Å². The minimum absolute atomic E-state index is 0.0454. The molecule has 3 rings (SSSR count). The first-order valence-corrected chi connectivity index (χ1v) is 10.7. The maximum absolute atomic E-state index is 12.4. The lowest BCUT2D eigenvalue weighted by molar-refractivity contribution is -0.116. The highest BCUT2D eigenvalue weighted by atomic mass is 16.5. The molecular formula is C24H31N3O3. The van der Waals surface area contributed by atoms with Crippen LogP contribution < -0.4 is 20.3 Å². The summed E-state index contributed by atoms with van der Waals surface area (Å²) in [7, 11) is 0. The van der Waals surface area contributed by atoms with Crippen LogP contribution in [0.1, 0.15) is 48.5 Å². The first-order chi connectivity index (χ1) is 14.6. The van der Waals surface area contributed by atoms with Crippen molar-refractivity contribution >= 4 is 23.2 Å². The number of carbonyl (C=O) groups is 2. The average Bonchev–Trinajstić information content (AvgIpc) is 3.28. The highest BCUT2D eigenvalue weighted by molar-refractivity contribution is 5.97. The molecule has 2 aromatic rings. The zero-order valence-electron chi connectivity index (χ0n) is 17.9. The van der Waals surface area contributed by atoms with E-state index in [1.54, 1.807) is 12.1 Å². The van der Waals surface area contributed by atoms with Gasteiger partial charge in [0.15, 0.2) is 0 Å². The summed E-state index contributed by atoms with van der Waals surface area (Å²) >= 11 is 0. The Morgan fingerprint density at radius 3 is 2.60 bits per heavy atom. The second kappa shape index (κ2) is 10.7. The Labute approximate surface area is 178 Å². The van der Waals surface area contributed by atoms with Gasteiger partial charge in [0.05, 0.1) is 12.2 Å². The first kappa shape index (κ1) is 21.7. The van der Waals surface area contributed by atoms with Gasteiger partial charge >= 0.3 is 0 Å². The Morgan fingerprint density at radius 2 is 1.87 bits per heavy atom. The molecule has 2 aromatic carbocycles. The predicted molar refractivity (Wildman–Crippen MR) is 120 cm³/mol. The van der Waals surface area contributed by atoms with Crippen molar-refractivity contribution in [2.45, 2.75) is 39.5 Å². The minimum Gasteiger partial charge on any atom is -0.493 e. The lowest BCUT2D eigenvalue weighted by Crippen LogP contribution is -2.26. The number of nitrogens with zero attached hydrogens (tertiary/aromatic N) is 1. The molecular weight excluding hydrogens is 378 g/mol. The van der Waals surface area contributed by atoms with E-state index in [-0.39, 0.29) is 11.8 Å². The molecule has 2 amide bonds. The second-order valence-corrected chi connectivity index (χ2v) is 7.53. The van der Waals surface area contributed by atoms with Gasteiger partial charge in [0, 0.05) is 37.4 Å². The summed E-state index contributed by atoms with van der Waals surface area (Å²) in [5.41, 5.74) is 3.64. The molecule has 6 heteroatoms. The zero-order valence-corrected chi connectivity index (χ0v) is 17.9. The highest BCUT2D eigenvalue weighted by Crippen LogP contribution is 2.25. The van der Waals surface area contributed by atoms with E-state index in [1.807, 2.05) is 32.0 Å². The Morgan fingerprint density at radius 1 is 1.10 bits per heavy atom. The van der Waals surface area contributed by atoms with Crippen molar-refractivity contribution in [3.63, 3.8) is 0 Å². The van der Waals surface area contributed by atoms with Gasteiger partial charge < -0.3 is 20.3 Å². The number of carbonyl (C=O) groups excluding carboxylic acids is 2. The van der Waals surface area contributed by atoms with Gasteiger partial charge in [-0.25, -0.2) is 0 Å². The quantitative estimate of drug-likeness (QED) is 0.611. The molecule has 1 heterocycles. The van der Waals surface area contributed by atoms with Crippen molar-refractivity contribution in [3.8, 4) is 5.75 Å². The van der Waals surface area contributed by atoms with E-state index in [9.17, 15) is 9.59 Å². The molecule has 1 saturated heterocycles. The number of benzene rings is 2. The molecule has 0 radical (unpaired) electrons. The Bertz CT molecular complexity index is 876. The monoisotopic (exact) mass is 409 g/mol. The number of para-hydroxylation sites is 1.